The van der Waals surface area contributed by atoms with E-state index in [4.69, 9.17) is 0 Å². The molecule has 0 bridgehead atoms. The van der Waals surface area contributed by atoms with E-state index in [2.05, 4.69) is 33.4 Å². The molecule has 0 fully saturated rings. The normalized spacial score (nSPS) is 17.9. The van der Waals surface area contributed by atoms with Crippen LogP contribution in [0.25, 0.3) is 5.78 Å². The number of rotatable bonds is 3. The van der Waals surface area contributed by atoms with Crippen molar-refractivity contribution < 1.29 is 4.79 Å². The maximum atomic E-state index is 12.5. The quantitative estimate of drug-likeness (QED) is 0.690. The fraction of sp³-hybridized carbons (Fsp3) is 0.333. The first-order valence-corrected chi connectivity index (χ1v) is 9.07. The van der Waals surface area contributed by atoms with Crippen molar-refractivity contribution in [2.75, 3.05) is 5.75 Å². The predicted octanol–water partition coefficient (Wildman–Crippen LogP) is 3.21. The molecular weight excluding hydrogens is 316 g/mol. The van der Waals surface area contributed by atoms with Crippen LogP contribution in [0.5, 0.6) is 0 Å². The summed E-state index contributed by atoms with van der Waals surface area (Å²) >= 11 is 3.28. The predicted molar refractivity (Wildman–Crippen MR) is 86.9 cm³/mol. The molecular formula is C15H14N4OS2. The number of carbonyl (C=O) groups excluding carboxylic acids is 1. The summed E-state index contributed by atoms with van der Waals surface area (Å²) in [7, 11) is 0. The summed E-state index contributed by atoms with van der Waals surface area (Å²) in [5.41, 5.74) is 1.54. The lowest BCUT2D eigenvalue weighted by Gasteiger charge is -2.21. The van der Waals surface area contributed by atoms with Crippen molar-refractivity contribution in [3.05, 3.63) is 39.8 Å². The van der Waals surface area contributed by atoms with Crippen molar-refractivity contribution in [2.24, 2.45) is 0 Å². The van der Waals surface area contributed by atoms with Gasteiger partial charge in [-0.3, -0.25) is 4.79 Å². The first-order valence-electron chi connectivity index (χ1n) is 7.20. The van der Waals surface area contributed by atoms with E-state index in [-0.39, 0.29) is 11.7 Å². The van der Waals surface area contributed by atoms with Crippen LogP contribution >= 0.6 is 23.1 Å². The van der Waals surface area contributed by atoms with Gasteiger partial charge in [-0.2, -0.15) is 4.98 Å². The van der Waals surface area contributed by atoms with Gasteiger partial charge in [0.1, 0.15) is 0 Å². The second kappa shape index (κ2) is 5.48. The van der Waals surface area contributed by atoms with Crippen molar-refractivity contribution in [3.63, 3.8) is 0 Å². The van der Waals surface area contributed by atoms with Gasteiger partial charge in [-0.05, 0) is 23.6 Å². The van der Waals surface area contributed by atoms with E-state index in [9.17, 15) is 4.79 Å². The summed E-state index contributed by atoms with van der Waals surface area (Å²) in [4.78, 5) is 22.7. The van der Waals surface area contributed by atoms with Crippen molar-refractivity contribution in [3.8, 4) is 0 Å². The molecule has 3 aromatic rings. The minimum atomic E-state index is 0.147. The molecule has 5 nitrogen and oxygen atoms in total. The third-order valence-electron chi connectivity index (χ3n) is 3.78. The van der Waals surface area contributed by atoms with Crippen LogP contribution in [0.4, 0.5) is 0 Å². The van der Waals surface area contributed by atoms with Crippen molar-refractivity contribution in [1.82, 2.24) is 19.6 Å². The highest BCUT2D eigenvalue weighted by atomic mass is 32.2. The number of carbonyl (C=O) groups is 1. The van der Waals surface area contributed by atoms with Crippen LogP contribution in [0.3, 0.4) is 0 Å². The Labute approximate surface area is 135 Å². The smallest absolute Gasteiger partial charge is 0.253 e. The summed E-state index contributed by atoms with van der Waals surface area (Å²) in [6, 6.07) is 4.13. The number of hydrogen-bond donors (Lipinski definition) is 0. The highest BCUT2D eigenvalue weighted by Gasteiger charge is 2.29. The number of hydrogen-bond acceptors (Lipinski definition) is 6. The fourth-order valence-corrected chi connectivity index (χ4v) is 4.16. The van der Waals surface area contributed by atoms with Crippen molar-refractivity contribution in [2.45, 2.75) is 30.8 Å². The summed E-state index contributed by atoms with van der Waals surface area (Å²) < 4.78 is 1.63. The van der Waals surface area contributed by atoms with Gasteiger partial charge in [0.2, 0.25) is 5.16 Å². The maximum absolute atomic E-state index is 12.5. The maximum Gasteiger partial charge on any atom is 0.253 e. The van der Waals surface area contributed by atoms with Crippen LogP contribution in [0.1, 0.15) is 40.2 Å². The minimum absolute atomic E-state index is 0.147. The average molecular weight is 330 g/mol. The Bertz CT molecular complexity index is 841. The number of thioether (sulfide) groups is 1. The molecule has 4 rings (SSSR count). The topological polar surface area (TPSA) is 60.1 Å². The molecule has 3 heterocycles. The van der Waals surface area contributed by atoms with Gasteiger partial charge in [-0.1, -0.05) is 24.8 Å². The van der Waals surface area contributed by atoms with Gasteiger partial charge >= 0.3 is 0 Å². The number of ketones is 1. The lowest BCUT2D eigenvalue weighted by atomic mass is 9.86. The molecule has 1 atom stereocenters. The van der Waals surface area contributed by atoms with E-state index >= 15 is 0 Å². The summed E-state index contributed by atoms with van der Waals surface area (Å²) in [6.07, 6.45) is 3.13. The zero-order valence-electron chi connectivity index (χ0n) is 12.0. The minimum Gasteiger partial charge on any atom is -0.294 e. The molecule has 0 aromatic carbocycles. The van der Waals surface area contributed by atoms with Crippen LogP contribution in [-0.4, -0.2) is 31.1 Å². The monoisotopic (exact) mass is 330 g/mol. The van der Waals surface area contributed by atoms with Gasteiger partial charge in [0.25, 0.3) is 5.78 Å². The van der Waals surface area contributed by atoms with Crippen LogP contribution in [-0.2, 0) is 6.42 Å². The Morgan fingerprint density at radius 3 is 3.09 bits per heavy atom. The first-order chi connectivity index (χ1) is 10.7. The fourth-order valence-electron chi connectivity index (χ4n) is 2.78. The molecule has 0 radical (unpaired) electrons. The van der Waals surface area contributed by atoms with Crippen LogP contribution in [0, 0.1) is 0 Å². The molecule has 22 heavy (non-hydrogen) atoms. The van der Waals surface area contributed by atoms with Crippen LogP contribution in [0.2, 0.25) is 0 Å². The molecule has 7 heteroatoms. The summed E-state index contributed by atoms with van der Waals surface area (Å²) in [5, 5.41) is 7.13. The molecule has 0 aliphatic heterocycles. The van der Waals surface area contributed by atoms with Gasteiger partial charge in [0.05, 0.1) is 11.3 Å². The Kier molecular flexibility index (Phi) is 3.46. The van der Waals surface area contributed by atoms with E-state index in [1.54, 1.807) is 33.8 Å². The van der Waals surface area contributed by atoms with Gasteiger partial charge in [-0.25, -0.2) is 9.50 Å². The van der Waals surface area contributed by atoms with Crippen LogP contribution in [0.15, 0.2) is 28.9 Å². The van der Waals surface area contributed by atoms with Gasteiger partial charge in [-0.15, -0.1) is 16.4 Å². The van der Waals surface area contributed by atoms with Crippen molar-refractivity contribution in [1.29, 1.82) is 0 Å². The van der Waals surface area contributed by atoms with E-state index in [1.807, 2.05) is 6.07 Å². The zero-order chi connectivity index (χ0) is 15.1. The van der Waals surface area contributed by atoms with Crippen LogP contribution < -0.4 is 0 Å². The molecule has 0 saturated heterocycles. The largest absolute Gasteiger partial charge is 0.294 e. The van der Waals surface area contributed by atoms with Crippen molar-refractivity contribution >= 4 is 34.7 Å². The number of aromatic nitrogens is 4. The molecule has 0 unspecified atom stereocenters. The molecule has 112 valence electrons. The molecule has 0 N–H and O–H groups in total. The highest BCUT2D eigenvalue weighted by molar-refractivity contribution is 7.99. The zero-order valence-corrected chi connectivity index (χ0v) is 13.7. The van der Waals surface area contributed by atoms with Gasteiger partial charge in [0.15, 0.2) is 5.78 Å². The molecule has 1 aliphatic rings. The molecule has 0 spiro atoms. The number of fused-ring (bicyclic) bond motifs is 2. The lowest BCUT2D eigenvalue weighted by Crippen LogP contribution is -2.20. The third-order valence-corrected chi connectivity index (χ3v) is 5.54. The summed E-state index contributed by atoms with van der Waals surface area (Å²) in [5.74, 6) is 1.88. The Morgan fingerprint density at radius 1 is 1.41 bits per heavy atom. The van der Waals surface area contributed by atoms with E-state index in [0.29, 0.717) is 22.9 Å². The van der Waals surface area contributed by atoms with E-state index in [1.165, 1.54) is 4.88 Å². The van der Waals surface area contributed by atoms with E-state index < -0.39 is 0 Å². The number of nitrogens with zero attached hydrogens (tertiary/aromatic N) is 4. The second-order valence-electron chi connectivity index (χ2n) is 5.22. The molecule has 0 saturated carbocycles. The lowest BCUT2D eigenvalue weighted by molar-refractivity contribution is 0.0963. The summed E-state index contributed by atoms with van der Waals surface area (Å²) in [6.45, 7) is 2.06. The molecule has 1 aliphatic carbocycles. The number of thiophene rings is 1. The third kappa shape index (κ3) is 2.34. The Morgan fingerprint density at radius 2 is 2.32 bits per heavy atom. The Hall–Kier alpha value is -1.73. The molecule has 3 aromatic heterocycles. The first kappa shape index (κ1) is 13.9. The van der Waals surface area contributed by atoms with E-state index in [0.717, 1.165) is 17.9 Å². The van der Waals surface area contributed by atoms with Gasteiger partial charge < -0.3 is 0 Å². The number of Topliss-reactive ketones (excluding diaryl/α,β-unsaturated/α-hetero) is 1. The average Bonchev–Trinajstić information content (AvgIpc) is 3.14. The SMILES string of the molecule is CCSc1nc2nc3c(cn2n1)C(=O)C[C@@H](c1cccs1)C3. The van der Waals surface area contributed by atoms with Gasteiger partial charge in [0, 0.05) is 23.4 Å². The standard InChI is InChI=1S/C15H14N4OS2/c1-2-21-15-17-14-16-11-6-9(13-4-3-5-22-13)7-12(20)10(11)8-19(14)18-15/h3-5,8-9H,2,6-7H2,1H3/t9-/m0/s1. The molecule has 0 amide bonds. The second-order valence-corrected chi connectivity index (χ2v) is 7.43. The highest BCUT2D eigenvalue weighted by Crippen LogP contribution is 2.34. The Balaban J connectivity index is 1.76.